The Bertz CT molecular complexity index is 483. The van der Waals surface area contributed by atoms with Crippen LogP contribution in [0.4, 0.5) is 0 Å². The maximum atomic E-state index is 11.7. The Labute approximate surface area is 87.0 Å². The predicted molar refractivity (Wildman–Crippen MR) is 55.6 cm³/mol. The third kappa shape index (κ3) is 1.46. The smallest absolute Gasteiger partial charge is 0.307 e. The zero-order valence-corrected chi connectivity index (χ0v) is 8.28. The van der Waals surface area contributed by atoms with Crippen molar-refractivity contribution in [2.45, 2.75) is 13.3 Å². The fraction of sp³-hybridized carbons (Fsp3) is 0.167. The molecule has 0 fully saturated rings. The third-order valence-electron chi connectivity index (χ3n) is 2.62. The molecule has 1 aromatic carbocycles. The van der Waals surface area contributed by atoms with Crippen LogP contribution in [0.15, 0.2) is 29.8 Å². The summed E-state index contributed by atoms with van der Waals surface area (Å²) >= 11 is 0. The van der Waals surface area contributed by atoms with Crippen molar-refractivity contribution in [1.29, 1.82) is 0 Å². The van der Waals surface area contributed by atoms with Crippen LogP contribution in [0.3, 0.4) is 0 Å². The zero-order chi connectivity index (χ0) is 11.0. The lowest BCUT2D eigenvalue weighted by Gasteiger charge is -2.01. The number of Topliss-reactive ketones (excluding diaryl/α,β-unsaturated/α-hetero) is 1. The molecule has 0 bridgehead atoms. The molecule has 1 aromatic rings. The molecular formula is C12H10O3. The zero-order valence-electron chi connectivity index (χ0n) is 8.28. The Morgan fingerprint density at radius 2 is 1.87 bits per heavy atom. The van der Waals surface area contributed by atoms with E-state index >= 15 is 0 Å². The minimum atomic E-state index is -0.908. The van der Waals surface area contributed by atoms with Crippen molar-refractivity contribution in [3.05, 3.63) is 41.0 Å². The molecule has 0 amide bonds. The fourth-order valence-electron chi connectivity index (χ4n) is 1.86. The molecule has 0 radical (unpaired) electrons. The molecule has 0 aliphatic heterocycles. The predicted octanol–water partition coefficient (Wildman–Crippen LogP) is 2.13. The van der Waals surface area contributed by atoms with Gasteiger partial charge < -0.3 is 5.11 Å². The first-order valence-corrected chi connectivity index (χ1v) is 4.67. The Hall–Kier alpha value is -1.90. The van der Waals surface area contributed by atoms with Crippen LogP contribution in [0.1, 0.15) is 29.3 Å². The molecule has 1 aliphatic carbocycles. The van der Waals surface area contributed by atoms with E-state index in [0.717, 1.165) is 5.56 Å². The fourth-order valence-corrected chi connectivity index (χ4v) is 1.86. The molecule has 0 spiro atoms. The average Bonchev–Trinajstić information content (AvgIpc) is 2.44. The van der Waals surface area contributed by atoms with E-state index in [9.17, 15) is 9.59 Å². The molecular weight excluding hydrogens is 192 g/mol. The standard InChI is InChI=1S/C12H10O3/c1-7-10(6-11(13)14)8-4-2-3-5-9(8)12(7)15/h2-5H,6H2,1H3,(H,13,14). The quantitative estimate of drug-likeness (QED) is 0.799. The highest BCUT2D eigenvalue weighted by atomic mass is 16.4. The van der Waals surface area contributed by atoms with Gasteiger partial charge in [-0.1, -0.05) is 24.3 Å². The number of carbonyl (C=O) groups excluding carboxylic acids is 1. The number of rotatable bonds is 2. The van der Waals surface area contributed by atoms with E-state index in [4.69, 9.17) is 5.11 Å². The van der Waals surface area contributed by atoms with Gasteiger partial charge in [-0.3, -0.25) is 9.59 Å². The van der Waals surface area contributed by atoms with Gasteiger partial charge in [0.2, 0.25) is 0 Å². The van der Waals surface area contributed by atoms with Crippen molar-refractivity contribution in [2.75, 3.05) is 0 Å². The van der Waals surface area contributed by atoms with Gasteiger partial charge in [0.15, 0.2) is 5.78 Å². The van der Waals surface area contributed by atoms with Gasteiger partial charge in [-0.25, -0.2) is 0 Å². The summed E-state index contributed by atoms with van der Waals surface area (Å²) in [6, 6.07) is 7.12. The minimum absolute atomic E-state index is 0.0538. The van der Waals surface area contributed by atoms with Gasteiger partial charge in [0.05, 0.1) is 6.42 Å². The molecule has 1 N–H and O–H groups in total. The molecule has 3 heteroatoms. The van der Waals surface area contributed by atoms with Crippen molar-refractivity contribution in [1.82, 2.24) is 0 Å². The van der Waals surface area contributed by atoms with Crippen molar-refractivity contribution in [3.8, 4) is 0 Å². The number of fused-ring (bicyclic) bond motifs is 1. The minimum Gasteiger partial charge on any atom is -0.481 e. The Morgan fingerprint density at radius 3 is 2.47 bits per heavy atom. The number of hydrogen-bond acceptors (Lipinski definition) is 2. The molecule has 0 aromatic heterocycles. The first-order chi connectivity index (χ1) is 7.11. The van der Waals surface area contributed by atoms with E-state index < -0.39 is 5.97 Å². The highest BCUT2D eigenvalue weighted by molar-refractivity contribution is 6.21. The van der Waals surface area contributed by atoms with Crippen LogP contribution < -0.4 is 0 Å². The molecule has 2 rings (SSSR count). The largest absolute Gasteiger partial charge is 0.481 e. The van der Waals surface area contributed by atoms with Crippen LogP contribution in [-0.4, -0.2) is 16.9 Å². The average molecular weight is 202 g/mol. The topological polar surface area (TPSA) is 54.4 Å². The first-order valence-electron chi connectivity index (χ1n) is 4.67. The summed E-state index contributed by atoms with van der Waals surface area (Å²) in [6.45, 7) is 1.68. The van der Waals surface area contributed by atoms with Crippen molar-refractivity contribution in [2.24, 2.45) is 0 Å². The Kier molecular flexibility index (Phi) is 2.15. The lowest BCUT2D eigenvalue weighted by atomic mass is 10.0. The van der Waals surface area contributed by atoms with E-state index in [2.05, 4.69) is 0 Å². The van der Waals surface area contributed by atoms with Crippen molar-refractivity contribution >= 4 is 17.3 Å². The Morgan fingerprint density at radius 1 is 1.27 bits per heavy atom. The van der Waals surface area contributed by atoms with Crippen LogP contribution in [-0.2, 0) is 4.79 Å². The monoisotopic (exact) mass is 202 g/mol. The molecule has 3 nitrogen and oxygen atoms in total. The Balaban J connectivity index is 2.54. The molecule has 0 heterocycles. The molecule has 0 saturated heterocycles. The van der Waals surface area contributed by atoms with Crippen LogP contribution >= 0.6 is 0 Å². The number of hydrogen-bond donors (Lipinski definition) is 1. The number of aliphatic carboxylic acids is 1. The SMILES string of the molecule is CC1=C(CC(=O)O)c2ccccc2C1=O. The maximum absolute atomic E-state index is 11.7. The van der Waals surface area contributed by atoms with Gasteiger partial charge in [0.1, 0.15) is 0 Å². The summed E-state index contributed by atoms with van der Waals surface area (Å²) in [6.07, 6.45) is -0.0887. The summed E-state index contributed by atoms with van der Waals surface area (Å²) in [5.74, 6) is -0.962. The van der Waals surface area contributed by atoms with Crippen molar-refractivity contribution < 1.29 is 14.7 Å². The highest BCUT2D eigenvalue weighted by Gasteiger charge is 2.26. The van der Waals surface area contributed by atoms with Gasteiger partial charge in [-0.2, -0.15) is 0 Å². The number of carbonyl (C=O) groups is 2. The second kappa shape index (κ2) is 3.35. The second-order valence-electron chi connectivity index (χ2n) is 3.55. The summed E-state index contributed by atoms with van der Waals surface area (Å²) < 4.78 is 0. The van der Waals surface area contributed by atoms with Crippen LogP contribution in [0.2, 0.25) is 0 Å². The van der Waals surface area contributed by atoms with Crippen LogP contribution in [0, 0.1) is 0 Å². The van der Waals surface area contributed by atoms with E-state index in [0.29, 0.717) is 16.7 Å². The lowest BCUT2D eigenvalue weighted by molar-refractivity contribution is -0.135. The van der Waals surface area contributed by atoms with Gasteiger partial charge in [0, 0.05) is 11.1 Å². The van der Waals surface area contributed by atoms with Gasteiger partial charge in [0.25, 0.3) is 0 Å². The molecule has 76 valence electrons. The lowest BCUT2D eigenvalue weighted by Crippen LogP contribution is -1.97. The van der Waals surface area contributed by atoms with E-state index in [1.807, 2.05) is 6.07 Å². The number of carboxylic acids is 1. The van der Waals surface area contributed by atoms with Gasteiger partial charge in [-0.15, -0.1) is 0 Å². The molecule has 1 aliphatic rings. The number of allylic oxidation sites excluding steroid dienone is 1. The normalized spacial score (nSPS) is 14.3. The molecule has 0 saturated carbocycles. The summed E-state index contributed by atoms with van der Waals surface area (Å²) in [4.78, 5) is 22.4. The van der Waals surface area contributed by atoms with E-state index in [1.54, 1.807) is 25.1 Å². The summed E-state index contributed by atoms with van der Waals surface area (Å²) in [7, 11) is 0. The number of benzene rings is 1. The first kappa shape index (κ1) is 9.65. The third-order valence-corrected chi connectivity index (χ3v) is 2.62. The maximum Gasteiger partial charge on any atom is 0.307 e. The van der Waals surface area contributed by atoms with E-state index in [1.165, 1.54) is 0 Å². The molecule has 15 heavy (non-hydrogen) atoms. The van der Waals surface area contributed by atoms with E-state index in [-0.39, 0.29) is 12.2 Å². The number of ketones is 1. The summed E-state index contributed by atoms with van der Waals surface area (Å²) in [5, 5.41) is 8.76. The van der Waals surface area contributed by atoms with Crippen LogP contribution in [0.25, 0.3) is 5.57 Å². The van der Waals surface area contributed by atoms with Crippen molar-refractivity contribution in [3.63, 3.8) is 0 Å². The molecule has 0 unspecified atom stereocenters. The molecule has 0 atom stereocenters. The highest BCUT2D eigenvalue weighted by Crippen LogP contribution is 2.34. The van der Waals surface area contributed by atoms with Gasteiger partial charge in [-0.05, 0) is 18.1 Å². The van der Waals surface area contributed by atoms with Gasteiger partial charge >= 0.3 is 5.97 Å². The summed E-state index contributed by atoms with van der Waals surface area (Å²) in [5.41, 5.74) is 2.58. The van der Waals surface area contributed by atoms with Crippen LogP contribution in [0.5, 0.6) is 0 Å². The second-order valence-corrected chi connectivity index (χ2v) is 3.55. The number of carboxylic acid groups (broad SMARTS) is 1.